The van der Waals surface area contributed by atoms with Crippen molar-refractivity contribution in [1.82, 2.24) is 24.9 Å². The molecule has 1 aliphatic rings. The maximum Gasteiger partial charge on any atom is 0.360 e. The molecule has 1 aliphatic heterocycles. The van der Waals surface area contributed by atoms with E-state index in [1.807, 2.05) is 197 Å². The number of nitrogens with zero attached hydrogens (tertiary/aromatic N) is 6. The molecule has 5 aromatic heterocycles. The number of rotatable bonds is 23. The Balaban J connectivity index is 0.000000192. The molecule has 30 heteroatoms. The molecule has 0 atom stereocenters. The molecule has 10 aromatic rings. The number of hydrogen-bond donors (Lipinski definition) is 0. The highest BCUT2D eigenvalue weighted by Gasteiger charge is 2.31. The SMILES string of the molecule is CCOC(=O)c1nc(-c2ccc(OCC)cc2)sc1Br.CCOC(=O)c1nc(-c2ccc(OCC)cc2)sc1I.CCOc1ccc(-c2nc(C(=O)OC(C)(C)C)c(Br)s2)cc1.CCOc1ccc(-c2nc(C(=O)OC(C)(C)C)c(Cl)s2)cc1.CCOc1ccc(-c2nc(C(=O)OC(C)(C)C)c(N3CCCC3)s2)cc1. The molecule has 0 aliphatic carbocycles. The Labute approximate surface area is 698 Å². The number of ether oxygens (including phenoxy) is 10. The Morgan fingerprint density at radius 3 is 0.964 bits per heavy atom. The highest BCUT2D eigenvalue weighted by molar-refractivity contribution is 14.1. The molecule has 110 heavy (non-hydrogen) atoms. The van der Waals surface area contributed by atoms with Crippen LogP contribution >= 0.6 is 123 Å². The molecule has 0 saturated carbocycles. The molecule has 588 valence electrons. The zero-order valence-corrected chi connectivity index (χ0v) is 74.4. The van der Waals surface area contributed by atoms with E-state index in [4.69, 9.17) is 59.0 Å². The average Bonchev–Trinajstić information content (AvgIpc) is 1.66. The van der Waals surface area contributed by atoms with E-state index in [-0.39, 0.29) is 17.6 Å². The van der Waals surface area contributed by atoms with E-state index < -0.39 is 34.7 Å². The molecule has 0 unspecified atom stereocenters. The van der Waals surface area contributed by atoms with Crippen LogP contribution in [0, 0.1) is 2.88 Å². The summed E-state index contributed by atoms with van der Waals surface area (Å²) in [6.07, 6.45) is 2.29. The number of aromatic nitrogens is 5. The summed E-state index contributed by atoms with van der Waals surface area (Å²) in [5.41, 5.74) is 4.64. The fraction of sp³-hybridized carbons (Fsp3) is 0.375. The van der Waals surface area contributed by atoms with Gasteiger partial charge in [-0.25, -0.2) is 48.9 Å². The van der Waals surface area contributed by atoms with Gasteiger partial charge in [-0.2, -0.15) is 0 Å². The Morgan fingerprint density at radius 2 is 0.636 bits per heavy atom. The summed E-state index contributed by atoms with van der Waals surface area (Å²) >= 11 is 22.1. The molecule has 6 heterocycles. The third kappa shape index (κ3) is 27.6. The fourth-order valence-corrected chi connectivity index (χ4v) is 16.6. The molecule has 5 aromatic carbocycles. The van der Waals surface area contributed by atoms with Crippen LogP contribution in [0.3, 0.4) is 0 Å². The van der Waals surface area contributed by atoms with Gasteiger partial charge in [-0.3, -0.25) is 0 Å². The largest absolute Gasteiger partial charge is 0.494 e. The molecule has 1 saturated heterocycles. The number of halogens is 4. The highest BCUT2D eigenvalue weighted by atomic mass is 127. The zero-order valence-electron chi connectivity index (χ0n) is 64.2. The van der Waals surface area contributed by atoms with Crippen molar-refractivity contribution in [2.45, 2.75) is 140 Å². The minimum Gasteiger partial charge on any atom is -0.494 e. The van der Waals surface area contributed by atoms with Crippen molar-refractivity contribution < 1.29 is 71.3 Å². The summed E-state index contributed by atoms with van der Waals surface area (Å²) in [5, 5.41) is 4.75. The van der Waals surface area contributed by atoms with Crippen molar-refractivity contribution in [2.24, 2.45) is 0 Å². The Kier molecular flexibility index (Phi) is 34.9. The molecule has 0 spiro atoms. The Hall–Kier alpha value is -7.62. The van der Waals surface area contributed by atoms with Crippen LogP contribution in [-0.2, 0) is 23.7 Å². The minimum atomic E-state index is -0.580. The fourth-order valence-electron chi connectivity index (χ4n) is 9.59. The molecule has 1 fully saturated rings. The van der Waals surface area contributed by atoms with Gasteiger partial charge in [-0.05, 0) is 299 Å². The predicted octanol–water partition coefficient (Wildman–Crippen LogP) is 22.6. The Bertz CT molecular complexity index is 4400. The van der Waals surface area contributed by atoms with Gasteiger partial charge in [0.1, 0.15) is 90.4 Å². The molecule has 21 nitrogen and oxygen atoms in total. The first-order valence-electron chi connectivity index (χ1n) is 35.4. The maximum atomic E-state index is 12.7. The topological polar surface area (TPSA) is 245 Å². The van der Waals surface area contributed by atoms with Crippen LogP contribution in [0.15, 0.2) is 129 Å². The second-order valence-corrected chi connectivity index (χ2v) is 36.2. The van der Waals surface area contributed by atoms with Gasteiger partial charge >= 0.3 is 29.8 Å². The average molecular weight is 1860 g/mol. The van der Waals surface area contributed by atoms with Gasteiger partial charge in [0.25, 0.3) is 0 Å². The van der Waals surface area contributed by atoms with E-state index in [9.17, 15) is 24.0 Å². The number of thiazole rings is 5. The molecule has 0 N–H and O–H groups in total. The van der Waals surface area contributed by atoms with Crippen molar-refractivity contribution in [3.8, 4) is 81.6 Å². The molecule has 0 amide bonds. The van der Waals surface area contributed by atoms with Gasteiger partial charge in [0.2, 0.25) is 0 Å². The lowest BCUT2D eigenvalue weighted by Gasteiger charge is -2.21. The number of carbonyl (C=O) groups excluding carboxylic acids is 5. The van der Waals surface area contributed by atoms with E-state index in [1.54, 1.807) is 46.0 Å². The van der Waals surface area contributed by atoms with Gasteiger partial charge in [-0.1, -0.05) is 22.9 Å². The van der Waals surface area contributed by atoms with Crippen LogP contribution in [-0.4, -0.2) is 131 Å². The third-order valence-corrected chi connectivity index (χ3v) is 22.2. The van der Waals surface area contributed by atoms with Gasteiger partial charge < -0.3 is 52.3 Å². The van der Waals surface area contributed by atoms with Crippen LogP contribution in [0.1, 0.15) is 176 Å². The van der Waals surface area contributed by atoms with E-state index in [0.29, 0.717) is 85.9 Å². The summed E-state index contributed by atoms with van der Waals surface area (Å²) in [7, 11) is 0. The van der Waals surface area contributed by atoms with Gasteiger partial charge in [0, 0.05) is 40.9 Å². The molecule has 11 rings (SSSR count). The highest BCUT2D eigenvalue weighted by Crippen LogP contribution is 2.40. The van der Waals surface area contributed by atoms with Crippen molar-refractivity contribution in [3.05, 3.63) is 165 Å². The summed E-state index contributed by atoms with van der Waals surface area (Å²) < 4.78 is 55.8. The lowest BCUT2D eigenvalue weighted by atomic mass is 10.2. The maximum absolute atomic E-state index is 12.7. The molecular weight excluding hydrogens is 1770 g/mol. The summed E-state index contributed by atoms with van der Waals surface area (Å²) in [6, 6.07) is 38.3. The van der Waals surface area contributed by atoms with Crippen LogP contribution in [0.4, 0.5) is 5.00 Å². The van der Waals surface area contributed by atoms with Crippen molar-refractivity contribution >= 4 is 158 Å². The quantitative estimate of drug-likeness (QED) is 0.0328. The number of anilines is 1. The van der Waals surface area contributed by atoms with Crippen LogP contribution in [0.5, 0.6) is 28.7 Å². The van der Waals surface area contributed by atoms with Crippen molar-refractivity contribution in [2.75, 3.05) is 64.2 Å². The first kappa shape index (κ1) is 89.6. The van der Waals surface area contributed by atoms with Crippen LogP contribution in [0.2, 0.25) is 4.34 Å². The van der Waals surface area contributed by atoms with Gasteiger partial charge in [-0.15, -0.1) is 45.3 Å². The number of benzene rings is 5. The van der Waals surface area contributed by atoms with Crippen LogP contribution < -0.4 is 28.6 Å². The standard InChI is InChI=1S/C20H26N2O3S.C16H18BrNO3S.C16H18ClNO3S.C14H14BrNO3S.C14H14INO3S/c1-5-24-15-10-8-14(9-11-15)17-21-16(19(23)25-20(2,3)4)18(26-17)22-12-6-7-13-22;2*1-5-20-11-8-6-10(7-9-11)14-18-12(13(17)22-14)15(19)21-16(2,3)4;2*1-3-18-10-7-5-9(6-8-10)13-16-11(12(15)20-13)14(17)19-4-2/h8-11H,5-7,12-13H2,1-4H3;2*6-9H,5H2,1-4H3;2*5-8H,3-4H2,1-2H3. The predicted molar refractivity (Wildman–Crippen MR) is 456 cm³/mol. The minimum absolute atomic E-state index is 0.158. The van der Waals surface area contributed by atoms with Gasteiger partial charge in [0.05, 0.1) is 46.2 Å². The second kappa shape index (κ2) is 42.9. The summed E-state index contributed by atoms with van der Waals surface area (Å²) in [4.78, 5) is 84.7. The monoisotopic (exact) mass is 1850 g/mol. The van der Waals surface area contributed by atoms with E-state index in [1.165, 1.54) is 45.3 Å². The summed E-state index contributed by atoms with van der Waals surface area (Å²) in [5.74, 6) is 2.02. The number of carbonyl (C=O) groups is 5. The van der Waals surface area contributed by atoms with E-state index in [2.05, 4.69) is 84.3 Å². The zero-order chi connectivity index (χ0) is 80.5. The molecule has 0 bridgehead atoms. The first-order valence-corrected chi connectivity index (χ1v) is 42.5. The normalized spacial score (nSPS) is 11.7. The van der Waals surface area contributed by atoms with E-state index >= 15 is 0 Å². The smallest absolute Gasteiger partial charge is 0.360 e. The van der Waals surface area contributed by atoms with E-state index in [0.717, 1.165) is 110 Å². The number of esters is 5. The third-order valence-electron chi connectivity index (χ3n) is 14.1. The molecular formula is C80H90Br2ClIN6O15S5. The van der Waals surface area contributed by atoms with Crippen molar-refractivity contribution in [1.29, 1.82) is 0 Å². The second-order valence-electron chi connectivity index (χ2n) is 26.2. The van der Waals surface area contributed by atoms with Crippen molar-refractivity contribution in [3.63, 3.8) is 0 Å². The molecule has 0 radical (unpaired) electrons. The number of hydrogen-bond acceptors (Lipinski definition) is 26. The lowest BCUT2D eigenvalue weighted by Crippen LogP contribution is -2.26. The summed E-state index contributed by atoms with van der Waals surface area (Å²) in [6.45, 7) is 35.6. The van der Waals surface area contributed by atoms with Gasteiger partial charge in [0.15, 0.2) is 28.5 Å². The van der Waals surface area contributed by atoms with Crippen LogP contribution in [0.25, 0.3) is 52.9 Å². The lowest BCUT2D eigenvalue weighted by molar-refractivity contribution is 0.00509. The Morgan fingerprint density at radius 1 is 0.373 bits per heavy atom. The first-order chi connectivity index (χ1) is 52.3.